The smallest absolute Gasteiger partial charge is 0.313 e. The van der Waals surface area contributed by atoms with Crippen molar-refractivity contribution in [2.45, 2.75) is 50.2 Å². The average molecular weight is 307 g/mol. The quantitative estimate of drug-likeness (QED) is 0.847. The number of carbonyl (C=O) groups is 1. The Kier molecular flexibility index (Phi) is 3.07. The lowest BCUT2D eigenvalue weighted by atomic mass is 10.0. The number of nitrogens with zero attached hydrogens (tertiary/aromatic N) is 3. The molecular formula is C15H21N3O2S. The molecule has 3 aliphatic carbocycles. The maximum Gasteiger partial charge on any atom is 0.313 e. The SMILES string of the molecule is CC(C)n1c(SCC(=O)O)nnc1C1C2C3CCC(C3)C12. The molecule has 1 heterocycles. The average Bonchev–Trinajstić information content (AvgIpc) is 2.83. The third-order valence-corrected chi connectivity index (χ3v) is 6.49. The number of hydrogen-bond acceptors (Lipinski definition) is 4. The fraction of sp³-hybridized carbons (Fsp3) is 0.800. The lowest BCUT2D eigenvalue weighted by molar-refractivity contribution is -0.133. The van der Waals surface area contributed by atoms with Crippen molar-refractivity contribution in [1.82, 2.24) is 14.8 Å². The summed E-state index contributed by atoms with van der Waals surface area (Å²) in [6, 6.07) is 0.283. The molecule has 3 fully saturated rings. The number of carboxylic acid groups (broad SMARTS) is 1. The summed E-state index contributed by atoms with van der Waals surface area (Å²) in [6.07, 6.45) is 4.24. The number of thioether (sulfide) groups is 1. The van der Waals surface area contributed by atoms with Crippen LogP contribution in [-0.2, 0) is 4.79 Å². The molecule has 4 unspecified atom stereocenters. The van der Waals surface area contributed by atoms with Gasteiger partial charge in [0, 0.05) is 12.0 Å². The van der Waals surface area contributed by atoms with E-state index in [4.69, 9.17) is 5.11 Å². The van der Waals surface area contributed by atoms with Gasteiger partial charge in [0.05, 0.1) is 5.75 Å². The fourth-order valence-corrected chi connectivity index (χ4v) is 5.69. The molecule has 4 rings (SSSR count). The zero-order valence-electron chi connectivity index (χ0n) is 12.4. The summed E-state index contributed by atoms with van der Waals surface area (Å²) in [4.78, 5) is 10.8. The van der Waals surface area contributed by atoms with E-state index in [9.17, 15) is 4.79 Å². The Labute approximate surface area is 128 Å². The topological polar surface area (TPSA) is 68.0 Å². The van der Waals surface area contributed by atoms with E-state index in [1.807, 2.05) is 0 Å². The van der Waals surface area contributed by atoms with Crippen LogP contribution in [0.1, 0.15) is 50.9 Å². The molecule has 4 atom stereocenters. The van der Waals surface area contributed by atoms with Crippen molar-refractivity contribution in [2.75, 3.05) is 5.75 Å². The van der Waals surface area contributed by atoms with Crippen LogP contribution in [0.25, 0.3) is 0 Å². The zero-order valence-corrected chi connectivity index (χ0v) is 13.2. The van der Waals surface area contributed by atoms with E-state index in [1.54, 1.807) is 0 Å². The summed E-state index contributed by atoms with van der Waals surface area (Å²) in [6.45, 7) is 4.26. The number of aliphatic carboxylic acids is 1. The van der Waals surface area contributed by atoms with Crippen LogP contribution < -0.4 is 0 Å². The fourth-order valence-electron chi connectivity index (χ4n) is 4.90. The van der Waals surface area contributed by atoms with E-state index >= 15 is 0 Å². The number of hydrogen-bond donors (Lipinski definition) is 1. The molecule has 1 N–H and O–H groups in total. The van der Waals surface area contributed by atoms with Crippen molar-refractivity contribution in [3.63, 3.8) is 0 Å². The van der Waals surface area contributed by atoms with E-state index in [-0.39, 0.29) is 11.8 Å². The van der Waals surface area contributed by atoms with Crippen LogP contribution in [0.4, 0.5) is 0 Å². The van der Waals surface area contributed by atoms with Crippen molar-refractivity contribution < 1.29 is 9.90 Å². The van der Waals surface area contributed by atoms with Crippen LogP contribution in [0.2, 0.25) is 0 Å². The second-order valence-corrected chi connectivity index (χ2v) is 7.94. The molecule has 0 aromatic carbocycles. The number of aromatic nitrogens is 3. The van der Waals surface area contributed by atoms with Gasteiger partial charge in [-0.1, -0.05) is 11.8 Å². The molecule has 21 heavy (non-hydrogen) atoms. The van der Waals surface area contributed by atoms with Crippen LogP contribution in [0.15, 0.2) is 5.16 Å². The molecule has 0 spiro atoms. The van der Waals surface area contributed by atoms with Gasteiger partial charge in [0.1, 0.15) is 5.82 Å². The zero-order chi connectivity index (χ0) is 14.7. The Morgan fingerprint density at radius 1 is 1.33 bits per heavy atom. The van der Waals surface area contributed by atoms with E-state index in [1.165, 1.54) is 31.0 Å². The van der Waals surface area contributed by atoms with Gasteiger partial charge in [-0.15, -0.1) is 10.2 Å². The molecule has 2 bridgehead atoms. The van der Waals surface area contributed by atoms with E-state index in [2.05, 4.69) is 28.6 Å². The molecule has 0 saturated heterocycles. The normalized spacial score (nSPS) is 36.2. The number of fused-ring (bicyclic) bond motifs is 5. The number of rotatable bonds is 5. The summed E-state index contributed by atoms with van der Waals surface area (Å²) in [5.41, 5.74) is 0. The molecule has 0 radical (unpaired) electrons. The van der Waals surface area contributed by atoms with E-state index in [0.717, 1.165) is 34.7 Å². The standard InChI is InChI=1S/C15H21N3O2S/c1-7(2)18-14(16-17-15(18)21-6-10(19)20)13-11-8-3-4-9(5-8)12(11)13/h7-9,11-13H,3-6H2,1-2H3,(H,19,20). The number of carboxylic acids is 1. The summed E-state index contributed by atoms with van der Waals surface area (Å²) in [7, 11) is 0. The summed E-state index contributed by atoms with van der Waals surface area (Å²) >= 11 is 1.28. The van der Waals surface area contributed by atoms with Crippen LogP contribution in [-0.4, -0.2) is 31.6 Å². The van der Waals surface area contributed by atoms with Gasteiger partial charge in [0.25, 0.3) is 0 Å². The van der Waals surface area contributed by atoms with Crippen molar-refractivity contribution in [1.29, 1.82) is 0 Å². The van der Waals surface area contributed by atoms with Gasteiger partial charge in [-0.3, -0.25) is 4.79 Å². The van der Waals surface area contributed by atoms with Crippen LogP contribution in [0.3, 0.4) is 0 Å². The Hall–Kier alpha value is -1.04. The van der Waals surface area contributed by atoms with Gasteiger partial charge in [-0.25, -0.2) is 0 Å². The lowest BCUT2D eigenvalue weighted by Gasteiger charge is -2.15. The highest BCUT2D eigenvalue weighted by atomic mass is 32.2. The van der Waals surface area contributed by atoms with Crippen molar-refractivity contribution >= 4 is 17.7 Å². The molecule has 5 nitrogen and oxygen atoms in total. The summed E-state index contributed by atoms with van der Waals surface area (Å²) in [5.74, 6) is 4.45. The second-order valence-electron chi connectivity index (χ2n) is 7.00. The molecule has 6 heteroatoms. The van der Waals surface area contributed by atoms with Gasteiger partial charge in [-0.2, -0.15) is 0 Å². The molecule has 0 amide bonds. The van der Waals surface area contributed by atoms with E-state index in [0.29, 0.717) is 5.92 Å². The largest absolute Gasteiger partial charge is 0.481 e. The summed E-state index contributed by atoms with van der Waals surface area (Å²) < 4.78 is 2.18. The highest BCUT2D eigenvalue weighted by molar-refractivity contribution is 7.99. The monoisotopic (exact) mass is 307 g/mol. The first-order valence-electron chi connectivity index (χ1n) is 7.87. The molecule has 3 saturated carbocycles. The first kappa shape index (κ1) is 13.6. The first-order chi connectivity index (χ1) is 10.1. The lowest BCUT2D eigenvalue weighted by Crippen LogP contribution is -2.11. The predicted molar refractivity (Wildman–Crippen MR) is 79.3 cm³/mol. The van der Waals surface area contributed by atoms with E-state index < -0.39 is 5.97 Å². The Bertz CT molecular complexity index is 569. The Morgan fingerprint density at radius 2 is 2.00 bits per heavy atom. The highest BCUT2D eigenvalue weighted by Crippen LogP contribution is 2.73. The summed E-state index contributed by atoms with van der Waals surface area (Å²) in [5, 5.41) is 18.4. The first-order valence-corrected chi connectivity index (χ1v) is 8.86. The third kappa shape index (κ3) is 2.02. The highest BCUT2D eigenvalue weighted by Gasteiger charge is 2.66. The minimum absolute atomic E-state index is 0.0492. The molecule has 1 aromatic heterocycles. The van der Waals surface area contributed by atoms with Crippen LogP contribution in [0, 0.1) is 23.7 Å². The minimum Gasteiger partial charge on any atom is -0.481 e. The molecule has 114 valence electrons. The van der Waals surface area contributed by atoms with Crippen LogP contribution >= 0.6 is 11.8 Å². The molecular weight excluding hydrogens is 286 g/mol. The van der Waals surface area contributed by atoms with Crippen molar-refractivity contribution in [3.05, 3.63) is 5.82 Å². The van der Waals surface area contributed by atoms with Gasteiger partial charge < -0.3 is 9.67 Å². The molecule has 0 aliphatic heterocycles. The maximum atomic E-state index is 10.8. The predicted octanol–water partition coefficient (Wildman–Crippen LogP) is 2.80. The van der Waals surface area contributed by atoms with Crippen molar-refractivity contribution in [2.24, 2.45) is 23.7 Å². The maximum absolute atomic E-state index is 10.8. The minimum atomic E-state index is -0.804. The second kappa shape index (κ2) is 4.73. The van der Waals surface area contributed by atoms with Gasteiger partial charge in [-0.05, 0) is 56.8 Å². The van der Waals surface area contributed by atoms with Crippen molar-refractivity contribution in [3.8, 4) is 0 Å². The Balaban J connectivity index is 1.60. The van der Waals surface area contributed by atoms with Gasteiger partial charge >= 0.3 is 5.97 Å². The van der Waals surface area contributed by atoms with Gasteiger partial charge in [0.15, 0.2) is 5.16 Å². The third-order valence-electron chi connectivity index (χ3n) is 5.57. The van der Waals surface area contributed by atoms with Gasteiger partial charge in [0.2, 0.25) is 0 Å². The Morgan fingerprint density at radius 3 is 2.57 bits per heavy atom. The van der Waals surface area contributed by atoms with Crippen LogP contribution in [0.5, 0.6) is 0 Å². The molecule has 1 aromatic rings. The molecule has 3 aliphatic rings.